The molecule has 1 aliphatic heterocycles. The summed E-state index contributed by atoms with van der Waals surface area (Å²) in [4.78, 5) is 2.35. The molecule has 1 aliphatic rings. The van der Waals surface area contributed by atoms with Gasteiger partial charge in [-0.3, -0.25) is 0 Å². The molecule has 2 N–H and O–H groups in total. The molecule has 1 aromatic rings. The summed E-state index contributed by atoms with van der Waals surface area (Å²) in [6.07, 6.45) is 2.39. The Bertz CT molecular complexity index is 456. The number of nitrogens with two attached hydrogens (primary N) is 1. The van der Waals surface area contributed by atoms with Gasteiger partial charge in [0.1, 0.15) is 0 Å². The molecule has 0 amide bonds. The van der Waals surface area contributed by atoms with E-state index in [2.05, 4.69) is 25.8 Å². The molecular formula is C16H26N2O2. The van der Waals surface area contributed by atoms with Gasteiger partial charge >= 0.3 is 0 Å². The summed E-state index contributed by atoms with van der Waals surface area (Å²) in [5.74, 6) is 1.47. The number of nitrogen functional groups attached to an aromatic ring is 1. The number of ether oxygens (including phenoxy) is 2. The first-order valence-electron chi connectivity index (χ1n) is 7.20. The Balaban J connectivity index is 1.88. The lowest BCUT2D eigenvalue weighted by Gasteiger charge is -2.46. The van der Waals surface area contributed by atoms with Crippen LogP contribution in [0.3, 0.4) is 0 Å². The van der Waals surface area contributed by atoms with Crippen LogP contribution in [0.4, 0.5) is 5.69 Å². The van der Waals surface area contributed by atoms with E-state index in [9.17, 15) is 0 Å². The van der Waals surface area contributed by atoms with E-state index in [1.807, 2.05) is 18.2 Å². The van der Waals surface area contributed by atoms with Crippen LogP contribution in [0.1, 0.15) is 26.7 Å². The molecule has 0 spiro atoms. The van der Waals surface area contributed by atoms with E-state index in [1.165, 1.54) is 19.5 Å². The third-order valence-electron chi connectivity index (χ3n) is 3.97. The molecule has 1 fully saturated rings. The summed E-state index contributed by atoms with van der Waals surface area (Å²) in [6.45, 7) is 6.82. The van der Waals surface area contributed by atoms with Crippen molar-refractivity contribution in [3.63, 3.8) is 0 Å². The Morgan fingerprint density at radius 2 is 2.05 bits per heavy atom. The fraction of sp³-hybridized carbons (Fsp3) is 0.625. The number of hydrogen-bond acceptors (Lipinski definition) is 4. The molecule has 0 aliphatic carbocycles. The molecule has 0 bridgehead atoms. The molecule has 1 unspecified atom stereocenters. The second-order valence-corrected chi connectivity index (χ2v) is 6.36. The lowest BCUT2D eigenvalue weighted by molar-refractivity contribution is 0.0212. The van der Waals surface area contributed by atoms with Crippen LogP contribution in [0.25, 0.3) is 0 Å². The van der Waals surface area contributed by atoms with Gasteiger partial charge in [0.25, 0.3) is 0 Å². The van der Waals surface area contributed by atoms with Crippen molar-refractivity contribution in [2.24, 2.45) is 5.41 Å². The Morgan fingerprint density at radius 1 is 1.35 bits per heavy atom. The van der Waals surface area contributed by atoms with E-state index in [4.69, 9.17) is 15.2 Å². The lowest BCUT2D eigenvalue weighted by Crippen LogP contribution is -2.52. The van der Waals surface area contributed by atoms with Gasteiger partial charge in [-0.25, -0.2) is 0 Å². The van der Waals surface area contributed by atoms with Gasteiger partial charge in [-0.1, -0.05) is 6.92 Å². The monoisotopic (exact) mass is 278 g/mol. The van der Waals surface area contributed by atoms with E-state index >= 15 is 0 Å². The highest BCUT2D eigenvalue weighted by Crippen LogP contribution is 2.35. The van der Waals surface area contributed by atoms with Crippen molar-refractivity contribution in [3.8, 4) is 11.5 Å². The van der Waals surface area contributed by atoms with Crippen molar-refractivity contribution in [1.82, 2.24) is 4.90 Å². The summed E-state index contributed by atoms with van der Waals surface area (Å²) in [7, 11) is 3.81. The van der Waals surface area contributed by atoms with Crippen molar-refractivity contribution < 1.29 is 9.47 Å². The van der Waals surface area contributed by atoms with E-state index in [0.717, 1.165) is 17.9 Å². The lowest BCUT2D eigenvalue weighted by atomic mass is 9.78. The molecular weight excluding hydrogens is 252 g/mol. The largest absolute Gasteiger partial charge is 0.493 e. The van der Waals surface area contributed by atoms with Crippen molar-refractivity contribution >= 4 is 5.69 Å². The molecule has 1 saturated heterocycles. The molecule has 1 heterocycles. The molecule has 1 atom stereocenters. The van der Waals surface area contributed by atoms with Gasteiger partial charge in [-0.2, -0.15) is 0 Å². The van der Waals surface area contributed by atoms with Crippen molar-refractivity contribution in [2.75, 3.05) is 33.0 Å². The zero-order chi connectivity index (χ0) is 14.8. The van der Waals surface area contributed by atoms with Crippen molar-refractivity contribution in [1.29, 1.82) is 0 Å². The van der Waals surface area contributed by atoms with E-state index in [0.29, 0.717) is 11.1 Å². The van der Waals surface area contributed by atoms with E-state index in [-0.39, 0.29) is 6.10 Å². The number of likely N-dealkylation sites (tertiary alicyclic amines) is 1. The molecule has 0 aromatic heterocycles. The van der Waals surface area contributed by atoms with E-state index in [1.54, 1.807) is 7.11 Å². The van der Waals surface area contributed by atoms with Gasteiger partial charge in [-0.15, -0.1) is 0 Å². The van der Waals surface area contributed by atoms with Crippen molar-refractivity contribution in [3.05, 3.63) is 18.2 Å². The fourth-order valence-electron chi connectivity index (χ4n) is 3.03. The Hall–Kier alpha value is -1.42. The van der Waals surface area contributed by atoms with Crippen LogP contribution in [-0.2, 0) is 0 Å². The van der Waals surface area contributed by atoms with Crippen LogP contribution < -0.4 is 15.2 Å². The standard InChI is InChI=1S/C16H26N2O2/c1-12(7-8-16(2)10-18(3)11-16)20-15-9-13(17)5-6-14(15)19-4/h5-6,9,12H,7-8,10-11,17H2,1-4H3. The van der Waals surface area contributed by atoms with Crippen LogP contribution in [0.5, 0.6) is 11.5 Å². The highest BCUT2D eigenvalue weighted by atomic mass is 16.5. The van der Waals surface area contributed by atoms with Crippen LogP contribution in [0.15, 0.2) is 18.2 Å². The summed E-state index contributed by atoms with van der Waals surface area (Å²) in [5, 5.41) is 0. The average molecular weight is 278 g/mol. The summed E-state index contributed by atoms with van der Waals surface area (Å²) in [6, 6.07) is 5.50. The summed E-state index contributed by atoms with van der Waals surface area (Å²) < 4.78 is 11.3. The number of methoxy groups -OCH3 is 1. The molecule has 4 nitrogen and oxygen atoms in total. The highest BCUT2D eigenvalue weighted by molar-refractivity contribution is 5.52. The quantitative estimate of drug-likeness (QED) is 0.813. The van der Waals surface area contributed by atoms with Gasteiger partial charge in [0.05, 0.1) is 13.2 Å². The Kier molecular flexibility index (Phi) is 4.43. The minimum absolute atomic E-state index is 0.161. The first-order valence-corrected chi connectivity index (χ1v) is 7.20. The summed E-state index contributed by atoms with van der Waals surface area (Å²) >= 11 is 0. The third kappa shape index (κ3) is 3.57. The predicted octanol–water partition coefficient (Wildman–Crippen LogP) is 2.78. The molecule has 0 radical (unpaired) electrons. The van der Waals surface area contributed by atoms with Gasteiger partial charge < -0.3 is 20.1 Å². The second kappa shape index (κ2) is 5.92. The molecule has 0 saturated carbocycles. The normalized spacial score (nSPS) is 19.2. The third-order valence-corrected chi connectivity index (χ3v) is 3.97. The van der Waals surface area contributed by atoms with Gasteiger partial charge in [0.2, 0.25) is 0 Å². The van der Waals surface area contributed by atoms with Crippen LogP contribution in [0, 0.1) is 5.41 Å². The fourth-order valence-corrected chi connectivity index (χ4v) is 3.03. The topological polar surface area (TPSA) is 47.7 Å². The number of rotatable bonds is 6. The zero-order valence-corrected chi connectivity index (χ0v) is 13.0. The van der Waals surface area contributed by atoms with Crippen LogP contribution >= 0.6 is 0 Å². The number of nitrogens with zero attached hydrogens (tertiary/aromatic N) is 1. The van der Waals surface area contributed by atoms with Crippen molar-refractivity contribution in [2.45, 2.75) is 32.8 Å². The van der Waals surface area contributed by atoms with Crippen LogP contribution in [-0.4, -0.2) is 38.3 Å². The molecule has 112 valence electrons. The minimum atomic E-state index is 0.161. The number of benzene rings is 1. The molecule has 1 aromatic carbocycles. The van der Waals surface area contributed by atoms with E-state index < -0.39 is 0 Å². The maximum atomic E-state index is 5.99. The van der Waals surface area contributed by atoms with Gasteiger partial charge in [-0.05, 0) is 44.4 Å². The average Bonchev–Trinajstić information content (AvgIpc) is 2.35. The highest BCUT2D eigenvalue weighted by Gasteiger charge is 2.36. The number of anilines is 1. The Morgan fingerprint density at radius 3 is 2.65 bits per heavy atom. The summed E-state index contributed by atoms with van der Waals surface area (Å²) in [5.41, 5.74) is 6.95. The molecule has 20 heavy (non-hydrogen) atoms. The maximum absolute atomic E-state index is 5.99. The predicted molar refractivity (Wildman–Crippen MR) is 82.3 cm³/mol. The second-order valence-electron chi connectivity index (χ2n) is 6.36. The molecule has 2 rings (SSSR count). The Labute approximate surface area is 121 Å². The first-order chi connectivity index (χ1) is 9.42. The minimum Gasteiger partial charge on any atom is -0.493 e. The number of hydrogen-bond donors (Lipinski definition) is 1. The first kappa shape index (κ1) is 15.0. The van der Waals surface area contributed by atoms with Gasteiger partial charge in [0.15, 0.2) is 11.5 Å². The smallest absolute Gasteiger partial charge is 0.163 e. The van der Waals surface area contributed by atoms with Crippen LogP contribution in [0.2, 0.25) is 0 Å². The van der Waals surface area contributed by atoms with Gasteiger partial charge in [0, 0.05) is 24.8 Å². The molecule has 4 heteroatoms. The zero-order valence-electron chi connectivity index (χ0n) is 13.0. The maximum Gasteiger partial charge on any atom is 0.163 e. The SMILES string of the molecule is COc1ccc(N)cc1OC(C)CCC1(C)CN(C)C1.